The highest BCUT2D eigenvalue weighted by Gasteiger charge is 2.07. The van der Waals surface area contributed by atoms with Gasteiger partial charge in [-0.1, -0.05) is 6.07 Å². The second kappa shape index (κ2) is 5.27. The molecule has 1 aromatic heterocycles. The zero-order chi connectivity index (χ0) is 12.3. The molecule has 1 aromatic carbocycles. The van der Waals surface area contributed by atoms with E-state index >= 15 is 0 Å². The molecule has 2 rings (SSSR count). The fourth-order valence-corrected chi connectivity index (χ4v) is 1.96. The Hall–Kier alpha value is -1.43. The third-order valence-electron chi connectivity index (χ3n) is 2.37. The number of hydrogen-bond acceptors (Lipinski definition) is 2. The van der Waals surface area contributed by atoms with Crippen LogP contribution in [-0.2, 0) is 0 Å². The highest BCUT2D eigenvalue weighted by Crippen LogP contribution is 2.14. The summed E-state index contributed by atoms with van der Waals surface area (Å²) < 4.78 is 1.04. The van der Waals surface area contributed by atoms with Gasteiger partial charge in [0.25, 0.3) is 5.91 Å². The molecule has 0 unspecified atom stereocenters. The molecule has 86 valence electrons. The zero-order valence-corrected chi connectivity index (χ0v) is 11.4. The fourth-order valence-electron chi connectivity index (χ4n) is 1.42. The van der Waals surface area contributed by atoms with Crippen molar-refractivity contribution in [1.29, 1.82) is 0 Å². The molecule has 0 fully saturated rings. The van der Waals surface area contributed by atoms with Gasteiger partial charge in [0.1, 0.15) is 0 Å². The number of amides is 1. The van der Waals surface area contributed by atoms with Crippen LogP contribution in [0.2, 0.25) is 0 Å². The molecule has 1 amide bonds. The Bertz CT molecular complexity index is 555. The molecule has 4 heteroatoms. The molecule has 0 bridgehead atoms. The smallest absolute Gasteiger partial charge is 0.255 e. The van der Waals surface area contributed by atoms with Crippen molar-refractivity contribution in [3.05, 3.63) is 57.4 Å². The number of carbonyl (C=O) groups is 1. The van der Waals surface area contributed by atoms with E-state index < -0.39 is 0 Å². The van der Waals surface area contributed by atoms with Crippen LogP contribution in [-0.4, -0.2) is 10.9 Å². The molecular formula is C13H11IN2O. The van der Waals surface area contributed by atoms with Crippen molar-refractivity contribution < 1.29 is 4.79 Å². The Kier molecular flexibility index (Phi) is 3.73. The maximum Gasteiger partial charge on any atom is 0.255 e. The topological polar surface area (TPSA) is 42.0 Å². The highest BCUT2D eigenvalue weighted by atomic mass is 127. The van der Waals surface area contributed by atoms with E-state index in [1.807, 2.05) is 31.2 Å². The summed E-state index contributed by atoms with van der Waals surface area (Å²) in [7, 11) is 0. The minimum Gasteiger partial charge on any atom is -0.320 e. The molecule has 0 aliphatic heterocycles. The van der Waals surface area contributed by atoms with E-state index in [4.69, 9.17) is 0 Å². The Morgan fingerprint density at radius 3 is 2.88 bits per heavy atom. The van der Waals surface area contributed by atoms with Gasteiger partial charge in [0.05, 0.1) is 11.9 Å². The number of aromatic nitrogens is 1. The van der Waals surface area contributed by atoms with E-state index in [2.05, 4.69) is 32.9 Å². The lowest BCUT2D eigenvalue weighted by Crippen LogP contribution is -2.13. The van der Waals surface area contributed by atoms with Crippen molar-refractivity contribution in [2.24, 2.45) is 0 Å². The molecule has 3 nitrogen and oxygen atoms in total. The van der Waals surface area contributed by atoms with Gasteiger partial charge in [0, 0.05) is 15.3 Å². The molecular weight excluding hydrogens is 327 g/mol. The Balaban J connectivity index is 2.20. The number of rotatable bonds is 2. The van der Waals surface area contributed by atoms with Crippen molar-refractivity contribution in [1.82, 2.24) is 4.98 Å². The number of pyridine rings is 1. The standard InChI is InChI=1S/C13H11IN2O/c1-9-5-6-15-8-12(9)16-13(17)10-3-2-4-11(14)7-10/h2-8H,1H3,(H,16,17). The van der Waals surface area contributed by atoms with E-state index in [1.54, 1.807) is 18.5 Å². The largest absolute Gasteiger partial charge is 0.320 e. The van der Waals surface area contributed by atoms with Gasteiger partial charge >= 0.3 is 0 Å². The Morgan fingerprint density at radius 2 is 2.18 bits per heavy atom. The number of benzene rings is 1. The van der Waals surface area contributed by atoms with Crippen molar-refractivity contribution in [3.8, 4) is 0 Å². The first kappa shape index (κ1) is 12.0. The summed E-state index contributed by atoms with van der Waals surface area (Å²) in [5.41, 5.74) is 2.40. The third-order valence-corrected chi connectivity index (χ3v) is 3.05. The zero-order valence-electron chi connectivity index (χ0n) is 9.27. The molecule has 0 atom stereocenters. The Morgan fingerprint density at radius 1 is 1.35 bits per heavy atom. The first-order chi connectivity index (χ1) is 8.16. The highest BCUT2D eigenvalue weighted by molar-refractivity contribution is 14.1. The van der Waals surface area contributed by atoms with Crippen LogP contribution in [0.1, 0.15) is 15.9 Å². The maximum absolute atomic E-state index is 12.0. The molecule has 2 aromatic rings. The molecule has 1 N–H and O–H groups in total. The number of anilines is 1. The molecule has 0 aliphatic carbocycles. The van der Waals surface area contributed by atoms with Crippen LogP contribution < -0.4 is 5.32 Å². The van der Waals surface area contributed by atoms with Crippen LogP contribution in [0.3, 0.4) is 0 Å². The first-order valence-corrected chi connectivity index (χ1v) is 6.22. The molecule has 0 saturated heterocycles. The van der Waals surface area contributed by atoms with E-state index in [9.17, 15) is 4.79 Å². The molecule has 0 spiro atoms. The lowest BCUT2D eigenvalue weighted by atomic mass is 10.2. The summed E-state index contributed by atoms with van der Waals surface area (Å²) in [6.45, 7) is 1.94. The van der Waals surface area contributed by atoms with E-state index in [0.29, 0.717) is 5.56 Å². The van der Waals surface area contributed by atoms with Gasteiger partial charge in [0.15, 0.2) is 0 Å². The van der Waals surface area contributed by atoms with Gasteiger partial charge < -0.3 is 5.32 Å². The minimum absolute atomic E-state index is 0.111. The van der Waals surface area contributed by atoms with Crippen molar-refractivity contribution in [3.63, 3.8) is 0 Å². The van der Waals surface area contributed by atoms with Gasteiger partial charge in [-0.2, -0.15) is 0 Å². The second-order valence-electron chi connectivity index (χ2n) is 3.66. The molecule has 0 aliphatic rings. The van der Waals surface area contributed by atoms with Crippen LogP contribution in [0.5, 0.6) is 0 Å². The summed E-state index contributed by atoms with van der Waals surface area (Å²) in [4.78, 5) is 16.0. The lowest BCUT2D eigenvalue weighted by molar-refractivity contribution is 0.102. The number of aryl methyl sites for hydroxylation is 1. The monoisotopic (exact) mass is 338 g/mol. The summed E-state index contributed by atoms with van der Waals surface area (Å²) in [6.07, 6.45) is 3.36. The normalized spacial score (nSPS) is 10.0. The quantitative estimate of drug-likeness (QED) is 0.854. The lowest BCUT2D eigenvalue weighted by Gasteiger charge is -2.07. The maximum atomic E-state index is 12.0. The number of nitrogens with zero attached hydrogens (tertiary/aromatic N) is 1. The van der Waals surface area contributed by atoms with Gasteiger partial charge in [0.2, 0.25) is 0 Å². The third kappa shape index (κ3) is 3.03. The average Bonchev–Trinajstić information content (AvgIpc) is 2.32. The van der Waals surface area contributed by atoms with Crippen molar-refractivity contribution in [2.45, 2.75) is 6.92 Å². The van der Waals surface area contributed by atoms with Gasteiger partial charge in [-0.3, -0.25) is 9.78 Å². The van der Waals surface area contributed by atoms with Gasteiger partial charge in [-0.05, 0) is 59.3 Å². The molecule has 17 heavy (non-hydrogen) atoms. The van der Waals surface area contributed by atoms with Crippen molar-refractivity contribution in [2.75, 3.05) is 5.32 Å². The molecule has 1 heterocycles. The summed E-state index contributed by atoms with van der Waals surface area (Å²) in [5, 5.41) is 2.85. The second-order valence-corrected chi connectivity index (χ2v) is 4.90. The van der Waals surface area contributed by atoms with Crippen LogP contribution in [0.4, 0.5) is 5.69 Å². The van der Waals surface area contributed by atoms with Crippen molar-refractivity contribution >= 4 is 34.2 Å². The van der Waals surface area contributed by atoms with E-state index in [-0.39, 0.29) is 5.91 Å². The number of halogens is 1. The van der Waals surface area contributed by atoms with Crippen LogP contribution in [0, 0.1) is 10.5 Å². The van der Waals surface area contributed by atoms with E-state index in [1.165, 1.54) is 0 Å². The summed E-state index contributed by atoms with van der Waals surface area (Å²) in [6, 6.07) is 9.33. The van der Waals surface area contributed by atoms with E-state index in [0.717, 1.165) is 14.8 Å². The fraction of sp³-hybridized carbons (Fsp3) is 0.0769. The number of carbonyl (C=O) groups excluding carboxylic acids is 1. The Labute approximate surface area is 113 Å². The first-order valence-electron chi connectivity index (χ1n) is 5.14. The van der Waals surface area contributed by atoms with Gasteiger partial charge in [-0.15, -0.1) is 0 Å². The van der Waals surface area contributed by atoms with Crippen LogP contribution >= 0.6 is 22.6 Å². The predicted molar refractivity (Wildman–Crippen MR) is 76.1 cm³/mol. The molecule has 0 saturated carbocycles. The molecule has 0 radical (unpaired) electrons. The number of nitrogens with one attached hydrogen (secondary N) is 1. The predicted octanol–water partition coefficient (Wildman–Crippen LogP) is 3.25. The average molecular weight is 338 g/mol. The summed E-state index contributed by atoms with van der Waals surface area (Å²) >= 11 is 2.18. The summed E-state index contributed by atoms with van der Waals surface area (Å²) in [5.74, 6) is -0.111. The van der Waals surface area contributed by atoms with Crippen LogP contribution in [0.15, 0.2) is 42.7 Å². The SMILES string of the molecule is Cc1ccncc1NC(=O)c1cccc(I)c1. The number of hydrogen-bond donors (Lipinski definition) is 1. The van der Waals surface area contributed by atoms with Gasteiger partial charge in [-0.25, -0.2) is 0 Å². The minimum atomic E-state index is -0.111. The van der Waals surface area contributed by atoms with Crippen LogP contribution in [0.25, 0.3) is 0 Å².